The molecule has 2 aromatic carbocycles. The molecule has 104 valence electrons. The van der Waals surface area contributed by atoms with E-state index in [1.807, 2.05) is 17.8 Å². The number of anilines is 1. The van der Waals surface area contributed by atoms with E-state index in [0.29, 0.717) is 6.04 Å². The molecule has 0 spiro atoms. The first-order valence-electron chi connectivity index (χ1n) is 7.04. The fourth-order valence-electron chi connectivity index (χ4n) is 2.60. The Morgan fingerprint density at radius 2 is 2.15 bits per heavy atom. The summed E-state index contributed by atoms with van der Waals surface area (Å²) in [5.41, 5.74) is 3.90. The molecule has 3 rings (SSSR count). The summed E-state index contributed by atoms with van der Waals surface area (Å²) in [5.74, 6) is 1.15. The van der Waals surface area contributed by atoms with E-state index in [0.717, 1.165) is 23.6 Å². The van der Waals surface area contributed by atoms with E-state index < -0.39 is 0 Å². The van der Waals surface area contributed by atoms with Crippen molar-refractivity contribution in [2.24, 2.45) is 0 Å². The first-order valence-corrected chi connectivity index (χ1v) is 8.40. The third kappa shape index (κ3) is 2.97. The maximum absolute atomic E-state index is 6.16. The van der Waals surface area contributed by atoms with Crippen LogP contribution in [0.1, 0.15) is 30.5 Å². The molecular weight excluding hydrogens is 286 g/mol. The number of benzene rings is 2. The number of thioether (sulfide) groups is 1. The molecule has 1 aliphatic rings. The van der Waals surface area contributed by atoms with Crippen LogP contribution in [0, 0.1) is 0 Å². The van der Waals surface area contributed by atoms with Crippen LogP contribution in [0.4, 0.5) is 5.69 Å². The van der Waals surface area contributed by atoms with Gasteiger partial charge in [-0.2, -0.15) is 0 Å². The number of hydrogen-bond acceptors (Lipinski definition) is 2. The minimum absolute atomic E-state index is 0.358. The van der Waals surface area contributed by atoms with E-state index in [2.05, 4.69) is 48.6 Å². The second-order valence-corrected chi connectivity index (χ2v) is 6.64. The molecule has 20 heavy (non-hydrogen) atoms. The molecule has 0 aliphatic carbocycles. The molecule has 1 N–H and O–H groups in total. The average molecular weight is 304 g/mol. The molecule has 0 saturated heterocycles. The van der Waals surface area contributed by atoms with Crippen LogP contribution >= 0.6 is 23.4 Å². The smallest absolute Gasteiger partial charge is 0.0533 e. The third-order valence-electron chi connectivity index (χ3n) is 3.69. The van der Waals surface area contributed by atoms with Crippen molar-refractivity contribution >= 4 is 29.1 Å². The fourth-order valence-corrected chi connectivity index (χ4v) is 3.88. The first-order chi connectivity index (χ1) is 9.76. The quantitative estimate of drug-likeness (QED) is 0.797. The Kier molecular flexibility index (Phi) is 4.23. The van der Waals surface area contributed by atoms with Crippen LogP contribution in [-0.4, -0.2) is 5.75 Å². The molecule has 0 aromatic heterocycles. The van der Waals surface area contributed by atoms with Gasteiger partial charge in [0.15, 0.2) is 0 Å². The van der Waals surface area contributed by atoms with Gasteiger partial charge in [-0.25, -0.2) is 0 Å². The van der Waals surface area contributed by atoms with E-state index >= 15 is 0 Å². The summed E-state index contributed by atoms with van der Waals surface area (Å²) in [7, 11) is 0. The van der Waals surface area contributed by atoms with Crippen LogP contribution in [-0.2, 0) is 6.42 Å². The molecule has 1 heterocycles. The monoisotopic (exact) mass is 303 g/mol. The second-order valence-electron chi connectivity index (χ2n) is 5.07. The average Bonchev–Trinajstić information content (AvgIpc) is 2.48. The molecule has 0 radical (unpaired) electrons. The lowest BCUT2D eigenvalue weighted by molar-refractivity contribution is 0.728. The summed E-state index contributed by atoms with van der Waals surface area (Å²) in [6, 6.07) is 15.3. The molecule has 1 atom stereocenters. The van der Waals surface area contributed by atoms with Crippen LogP contribution in [0.5, 0.6) is 0 Å². The van der Waals surface area contributed by atoms with E-state index in [1.54, 1.807) is 0 Å². The molecule has 1 unspecified atom stereocenters. The highest BCUT2D eigenvalue weighted by molar-refractivity contribution is 7.99. The van der Waals surface area contributed by atoms with Crippen LogP contribution in [0.15, 0.2) is 47.4 Å². The number of hydrogen-bond donors (Lipinski definition) is 1. The van der Waals surface area contributed by atoms with Crippen molar-refractivity contribution < 1.29 is 0 Å². The van der Waals surface area contributed by atoms with Gasteiger partial charge in [0.05, 0.1) is 6.04 Å². The predicted molar refractivity (Wildman–Crippen MR) is 89.0 cm³/mol. The zero-order valence-corrected chi connectivity index (χ0v) is 13.1. The fraction of sp³-hybridized carbons (Fsp3) is 0.294. The predicted octanol–water partition coefficient (Wildman–Crippen LogP) is 5.55. The molecule has 0 amide bonds. The molecule has 0 saturated carbocycles. The lowest BCUT2D eigenvalue weighted by Gasteiger charge is -2.27. The summed E-state index contributed by atoms with van der Waals surface area (Å²) in [6.45, 7) is 2.19. The Hall–Kier alpha value is -1.12. The summed E-state index contributed by atoms with van der Waals surface area (Å²) < 4.78 is 0. The van der Waals surface area contributed by atoms with Crippen molar-refractivity contribution in [3.8, 4) is 0 Å². The number of aryl methyl sites for hydroxylation is 1. The molecule has 1 aliphatic heterocycles. The number of halogens is 1. The maximum Gasteiger partial charge on any atom is 0.0533 e. The minimum atomic E-state index is 0.358. The van der Waals surface area contributed by atoms with Gasteiger partial charge in [0.2, 0.25) is 0 Å². The third-order valence-corrected chi connectivity index (χ3v) is 5.05. The minimum Gasteiger partial charge on any atom is -0.378 e. The Morgan fingerprint density at radius 1 is 1.25 bits per heavy atom. The van der Waals surface area contributed by atoms with Crippen LogP contribution in [0.2, 0.25) is 5.02 Å². The van der Waals surface area contributed by atoms with E-state index in [4.69, 9.17) is 11.6 Å². The van der Waals surface area contributed by atoms with Crippen molar-refractivity contribution in [1.82, 2.24) is 0 Å². The van der Waals surface area contributed by atoms with Gasteiger partial charge in [-0.1, -0.05) is 30.7 Å². The van der Waals surface area contributed by atoms with Crippen molar-refractivity contribution in [2.75, 3.05) is 11.1 Å². The molecule has 0 bridgehead atoms. The topological polar surface area (TPSA) is 12.0 Å². The maximum atomic E-state index is 6.16. The summed E-state index contributed by atoms with van der Waals surface area (Å²) >= 11 is 8.08. The highest BCUT2D eigenvalue weighted by Gasteiger charge is 2.20. The SMILES string of the molecule is CCc1cccc(NC2CCSc3ccc(Cl)cc32)c1. The highest BCUT2D eigenvalue weighted by atomic mass is 35.5. The molecule has 3 heteroatoms. The largest absolute Gasteiger partial charge is 0.378 e. The Bertz CT molecular complexity index is 612. The van der Waals surface area contributed by atoms with Gasteiger partial charge in [-0.05, 0) is 54.3 Å². The number of fused-ring (bicyclic) bond motifs is 1. The van der Waals surface area contributed by atoms with Gasteiger partial charge in [0, 0.05) is 21.4 Å². The van der Waals surface area contributed by atoms with Gasteiger partial charge >= 0.3 is 0 Å². The molecule has 1 nitrogen and oxygen atoms in total. The summed E-state index contributed by atoms with van der Waals surface area (Å²) in [4.78, 5) is 1.35. The van der Waals surface area contributed by atoms with Crippen LogP contribution in [0.25, 0.3) is 0 Å². The first kappa shape index (κ1) is 13.8. The van der Waals surface area contributed by atoms with E-state index in [9.17, 15) is 0 Å². The van der Waals surface area contributed by atoms with E-state index in [-0.39, 0.29) is 0 Å². The van der Waals surface area contributed by atoms with Crippen LogP contribution < -0.4 is 5.32 Å². The number of nitrogens with one attached hydrogen (secondary N) is 1. The van der Waals surface area contributed by atoms with Gasteiger partial charge < -0.3 is 5.32 Å². The lowest BCUT2D eigenvalue weighted by Crippen LogP contribution is -2.16. The highest BCUT2D eigenvalue weighted by Crippen LogP contribution is 2.39. The normalized spacial score (nSPS) is 17.6. The lowest BCUT2D eigenvalue weighted by atomic mass is 10.0. The zero-order valence-electron chi connectivity index (χ0n) is 11.5. The van der Waals surface area contributed by atoms with Crippen molar-refractivity contribution in [2.45, 2.75) is 30.7 Å². The summed E-state index contributed by atoms with van der Waals surface area (Å²) in [6.07, 6.45) is 2.20. The van der Waals surface area contributed by atoms with Crippen LogP contribution in [0.3, 0.4) is 0 Å². The number of rotatable bonds is 3. The van der Waals surface area contributed by atoms with Crippen molar-refractivity contribution in [3.63, 3.8) is 0 Å². The van der Waals surface area contributed by atoms with Gasteiger partial charge in [-0.15, -0.1) is 11.8 Å². The van der Waals surface area contributed by atoms with Gasteiger partial charge in [0.25, 0.3) is 0 Å². The molecule has 2 aromatic rings. The Morgan fingerprint density at radius 3 is 3.00 bits per heavy atom. The summed E-state index contributed by atoms with van der Waals surface area (Å²) in [5, 5.41) is 4.49. The van der Waals surface area contributed by atoms with Crippen molar-refractivity contribution in [1.29, 1.82) is 0 Å². The zero-order chi connectivity index (χ0) is 13.9. The van der Waals surface area contributed by atoms with Gasteiger partial charge in [-0.3, -0.25) is 0 Å². The van der Waals surface area contributed by atoms with Crippen molar-refractivity contribution in [3.05, 3.63) is 58.6 Å². The molecular formula is C17H18ClNS. The Balaban J connectivity index is 1.87. The Labute approximate surface area is 129 Å². The van der Waals surface area contributed by atoms with E-state index in [1.165, 1.54) is 21.7 Å². The standard InChI is InChI=1S/C17H18ClNS/c1-2-12-4-3-5-14(10-12)19-16-8-9-20-17-7-6-13(18)11-15(16)17/h3-7,10-11,16,19H,2,8-9H2,1H3. The second kappa shape index (κ2) is 6.11. The molecule has 0 fully saturated rings. The van der Waals surface area contributed by atoms with Gasteiger partial charge in [0.1, 0.15) is 0 Å².